The summed E-state index contributed by atoms with van der Waals surface area (Å²) in [6.07, 6.45) is 0.129. The van der Waals surface area contributed by atoms with Gasteiger partial charge >= 0.3 is 5.97 Å². The highest BCUT2D eigenvalue weighted by Crippen LogP contribution is 2.26. The molecule has 2 unspecified atom stereocenters. The van der Waals surface area contributed by atoms with Gasteiger partial charge in [0.2, 0.25) is 0 Å². The third-order valence-corrected chi connectivity index (χ3v) is 3.44. The van der Waals surface area contributed by atoms with Gasteiger partial charge in [-0.25, -0.2) is 0 Å². The lowest BCUT2D eigenvalue weighted by atomic mass is 10.0. The fourth-order valence-corrected chi connectivity index (χ4v) is 2.67. The number of carbonyl (C=O) groups is 1. The third-order valence-electron chi connectivity index (χ3n) is 3.20. The largest absolute Gasteiger partial charge is 0.481 e. The highest BCUT2D eigenvalue weighted by atomic mass is 35.5. The Morgan fingerprint density at radius 2 is 2.33 bits per heavy atom. The number of carboxylic acid groups (broad SMARTS) is 1. The molecule has 4 nitrogen and oxygen atoms in total. The lowest BCUT2D eigenvalue weighted by Gasteiger charge is -2.42. The van der Waals surface area contributed by atoms with Crippen LogP contribution in [0.1, 0.15) is 13.3 Å². The Morgan fingerprint density at radius 3 is 3.00 bits per heavy atom. The topological polar surface area (TPSA) is 52.6 Å². The normalized spacial score (nSPS) is 24.0. The number of benzene rings is 1. The zero-order valence-electron chi connectivity index (χ0n) is 10.3. The van der Waals surface area contributed by atoms with E-state index in [2.05, 4.69) is 17.1 Å². The van der Waals surface area contributed by atoms with Crippen LogP contribution in [0.4, 0.5) is 5.69 Å². The highest BCUT2D eigenvalue weighted by molar-refractivity contribution is 6.30. The molecule has 2 N–H and O–H groups in total. The number of nitrogens with zero attached hydrogens (tertiary/aromatic N) is 1. The van der Waals surface area contributed by atoms with Gasteiger partial charge in [-0.1, -0.05) is 17.7 Å². The minimum absolute atomic E-state index is 0.0373. The zero-order valence-corrected chi connectivity index (χ0v) is 11.0. The van der Waals surface area contributed by atoms with Gasteiger partial charge < -0.3 is 15.3 Å². The van der Waals surface area contributed by atoms with Crippen LogP contribution in [-0.2, 0) is 4.79 Å². The second-order valence-corrected chi connectivity index (χ2v) is 5.08. The van der Waals surface area contributed by atoms with Crippen LogP contribution in [0.5, 0.6) is 0 Å². The molecule has 1 heterocycles. The molecule has 5 heteroatoms. The molecule has 18 heavy (non-hydrogen) atoms. The SMILES string of the molecule is CC1CNCC(CC(=O)O)N1c1cccc(Cl)c1. The third kappa shape index (κ3) is 2.94. The van der Waals surface area contributed by atoms with Gasteiger partial charge in [0, 0.05) is 29.8 Å². The highest BCUT2D eigenvalue weighted by Gasteiger charge is 2.29. The van der Waals surface area contributed by atoms with Gasteiger partial charge in [0.1, 0.15) is 0 Å². The van der Waals surface area contributed by atoms with Gasteiger partial charge in [0.05, 0.1) is 12.5 Å². The first-order valence-electron chi connectivity index (χ1n) is 6.04. The van der Waals surface area contributed by atoms with Crippen molar-refractivity contribution in [1.82, 2.24) is 5.32 Å². The first-order chi connectivity index (χ1) is 8.58. The number of halogens is 1. The van der Waals surface area contributed by atoms with E-state index in [9.17, 15) is 4.79 Å². The Bertz CT molecular complexity index is 439. The maximum atomic E-state index is 10.9. The van der Waals surface area contributed by atoms with Crippen molar-refractivity contribution in [1.29, 1.82) is 0 Å². The van der Waals surface area contributed by atoms with Crippen LogP contribution in [0.2, 0.25) is 5.02 Å². The minimum Gasteiger partial charge on any atom is -0.481 e. The van der Waals surface area contributed by atoms with E-state index in [0.29, 0.717) is 11.6 Å². The van der Waals surface area contributed by atoms with Crippen molar-refractivity contribution in [3.8, 4) is 0 Å². The van der Waals surface area contributed by atoms with Crippen LogP contribution in [0.25, 0.3) is 0 Å². The second kappa shape index (κ2) is 5.59. The summed E-state index contributed by atoms with van der Waals surface area (Å²) in [5, 5.41) is 12.9. The summed E-state index contributed by atoms with van der Waals surface area (Å²) in [7, 11) is 0. The van der Waals surface area contributed by atoms with Gasteiger partial charge in [0.15, 0.2) is 0 Å². The fourth-order valence-electron chi connectivity index (χ4n) is 2.49. The van der Waals surface area contributed by atoms with E-state index < -0.39 is 5.97 Å². The Morgan fingerprint density at radius 1 is 1.56 bits per heavy atom. The number of piperazine rings is 1. The van der Waals surface area contributed by atoms with Crippen molar-refractivity contribution >= 4 is 23.3 Å². The molecule has 98 valence electrons. The molecule has 0 radical (unpaired) electrons. The monoisotopic (exact) mass is 268 g/mol. The van der Waals surface area contributed by atoms with Crippen LogP contribution in [-0.4, -0.2) is 36.2 Å². The van der Waals surface area contributed by atoms with Crippen LogP contribution in [0.15, 0.2) is 24.3 Å². The molecule has 0 spiro atoms. The lowest BCUT2D eigenvalue weighted by molar-refractivity contribution is -0.137. The molecule has 0 aromatic heterocycles. The molecule has 1 aliphatic heterocycles. The van der Waals surface area contributed by atoms with E-state index in [4.69, 9.17) is 16.7 Å². The Kier molecular flexibility index (Phi) is 4.09. The first-order valence-corrected chi connectivity index (χ1v) is 6.42. The maximum Gasteiger partial charge on any atom is 0.305 e. The quantitative estimate of drug-likeness (QED) is 0.880. The van der Waals surface area contributed by atoms with Gasteiger partial charge in [0.25, 0.3) is 0 Å². The predicted molar refractivity (Wildman–Crippen MR) is 72.3 cm³/mol. The summed E-state index contributed by atoms with van der Waals surface area (Å²) in [6, 6.07) is 7.79. The summed E-state index contributed by atoms with van der Waals surface area (Å²) in [5.74, 6) is -0.775. The van der Waals surface area contributed by atoms with E-state index in [0.717, 1.165) is 12.2 Å². The van der Waals surface area contributed by atoms with E-state index in [1.165, 1.54) is 0 Å². The summed E-state index contributed by atoms with van der Waals surface area (Å²) in [4.78, 5) is 13.1. The molecule has 1 saturated heterocycles. The smallest absolute Gasteiger partial charge is 0.305 e. The van der Waals surface area contributed by atoms with E-state index in [1.807, 2.05) is 24.3 Å². The molecule has 0 saturated carbocycles. The molecule has 0 amide bonds. The van der Waals surface area contributed by atoms with Crippen molar-refractivity contribution in [3.63, 3.8) is 0 Å². The average Bonchev–Trinajstić information content (AvgIpc) is 2.28. The molecular formula is C13H17ClN2O2. The molecule has 2 atom stereocenters. The zero-order chi connectivity index (χ0) is 13.1. The number of hydrogen-bond donors (Lipinski definition) is 2. The van der Waals surface area contributed by atoms with E-state index in [1.54, 1.807) is 0 Å². The predicted octanol–water partition coefficient (Wildman–Crippen LogP) is 1.98. The molecule has 0 aliphatic carbocycles. The maximum absolute atomic E-state index is 10.9. The van der Waals surface area contributed by atoms with Crippen molar-refractivity contribution < 1.29 is 9.90 Å². The van der Waals surface area contributed by atoms with Gasteiger partial charge in [-0.2, -0.15) is 0 Å². The Hall–Kier alpha value is -1.26. The lowest BCUT2D eigenvalue weighted by Crippen LogP contribution is -2.57. The van der Waals surface area contributed by atoms with Crippen molar-refractivity contribution in [2.24, 2.45) is 0 Å². The van der Waals surface area contributed by atoms with Crippen LogP contribution in [0.3, 0.4) is 0 Å². The van der Waals surface area contributed by atoms with Crippen LogP contribution < -0.4 is 10.2 Å². The van der Waals surface area contributed by atoms with Crippen LogP contribution >= 0.6 is 11.6 Å². The van der Waals surface area contributed by atoms with Gasteiger partial charge in [-0.05, 0) is 25.1 Å². The number of hydrogen-bond acceptors (Lipinski definition) is 3. The summed E-state index contributed by atoms with van der Waals surface area (Å²) in [6.45, 7) is 3.62. The summed E-state index contributed by atoms with van der Waals surface area (Å²) >= 11 is 6.01. The average molecular weight is 269 g/mol. The molecule has 1 aromatic carbocycles. The number of aliphatic carboxylic acids is 1. The van der Waals surface area contributed by atoms with Crippen molar-refractivity contribution in [2.75, 3.05) is 18.0 Å². The molecule has 0 bridgehead atoms. The minimum atomic E-state index is -0.775. The molecule has 1 aromatic rings. The van der Waals surface area contributed by atoms with Gasteiger partial charge in [-0.3, -0.25) is 4.79 Å². The van der Waals surface area contributed by atoms with E-state index >= 15 is 0 Å². The molecular weight excluding hydrogens is 252 g/mol. The number of carboxylic acids is 1. The number of anilines is 1. The molecule has 1 aliphatic rings. The fraction of sp³-hybridized carbons (Fsp3) is 0.462. The van der Waals surface area contributed by atoms with Crippen LogP contribution in [0, 0.1) is 0 Å². The first kappa shape index (κ1) is 13.2. The Labute approximate surface area is 112 Å². The van der Waals surface area contributed by atoms with E-state index in [-0.39, 0.29) is 18.5 Å². The number of rotatable bonds is 3. The molecule has 1 fully saturated rings. The second-order valence-electron chi connectivity index (χ2n) is 4.65. The van der Waals surface area contributed by atoms with Crippen molar-refractivity contribution in [2.45, 2.75) is 25.4 Å². The summed E-state index contributed by atoms with van der Waals surface area (Å²) < 4.78 is 0. The van der Waals surface area contributed by atoms with Gasteiger partial charge in [-0.15, -0.1) is 0 Å². The standard InChI is InChI=1S/C13H17ClN2O2/c1-9-7-15-8-12(6-13(17)18)16(9)11-4-2-3-10(14)5-11/h2-5,9,12,15H,6-8H2,1H3,(H,17,18). The Balaban J connectivity index is 2.26. The number of nitrogens with one attached hydrogen (secondary N) is 1. The van der Waals surface area contributed by atoms with Crippen molar-refractivity contribution in [3.05, 3.63) is 29.3 Å². The summed E-state index contributed by atoms with van der Waals surface area (Å²) in [5.41, 5.74) is 0.989. The molecule has 2 rings (SSSR count).